The Hall–Kier alpha value is -2.18. The zero-order valence-corrected chi connectivity index (χ0v) is 11.7. The first kappa shape index (κ1) is 16.9. The van der Waals surface area contributed by atoms with Gasteiger partial charge in [-0.1, -0.05) is 26.3 Å². The smallest absolute Gasteiger partial charge is 0.387 e. The van der Waals surface area contributed by atoms with E-state index < -0.39 is 24.5 Å². The summed E-state index contributed by atoms with van der Waals surface area (Å²) in [6.45, 7) is 0.523. The Morgan fingerprint density at radius 2 is 2.05 bits per heavy atom. The van der Waals surface area contributed by atoms with Crippen LogP contribution in [0.4, 0.5) is 8.78 Å². The molecule has 0 bridgehead atoms. The minimum atomic E-state index is -2.99. The fourth-order valence-corrected chi connectivity index (χ4v) is 1.72. The third-order valence-corrected chi connectivity index (χ3v) is 3.09. The van der Waals surface area contributed by atoms with Gasteiger partial charge in [0.25, 0.3) is 5.91 Å². The van der Waals surface area contributed by atoms with Gasteiger partial charge in [0.05, 0.1) is 0 Å². The molecule has 2 atom stereocenters. The van der Waals surface area contributed by atoms with Crippen molar-refractivity contribution in [3.8, 4) is 5.75 Å². The number of nitrogens with one attached hydrogen (secondary N) is 1. The van der Waals surface area contributed by atoms with Gasteiger partial charge in [-0.05, 0) is 24.1 Å². The number of aliphatic carboxylic acids is 1. The second-order valence-electron chi connectivity index (χ2n) is 4.58. The molecular weight excluding hydrogens is 284 g/mol. The van der Waals surface area contributed by atoms with Crippen molar-refractivity contribution in [2.45, 2.75) is 32.9 Å². The number of alkyl halides is 2. The number of rotatable bonds is 7. The molecule has 0 fully saturated rings. The Labute approximate surface area is 120 Å². The molecule has 0 radical (unpaired) electrons. The molecule has 1 amide bonds. The molecule has 2 N–H and O–H groups in total. The predicted octanol–water partition coefficient (Wildman–Crippen LogP) is 2.52. The molecule has 0 heterocycles. The van der Waals surface area contributed by atoms with Gasteiger partial charge in [0, 0.05) is 5.56 Å². The van der Waals surface area contributed by atoms with Crippen LogP contribution in [-0.2, 0) is 4.79 Å². The zero-order chi connectivity index (χ0) is 16.0. The van der Waals surface area contributed by atoms with E-state index in [4.69, 9.17) is 5.11 Å². The summed E-state index contributed by atoms with van der Waals surface area (Å²) in [5.41, 5.74) is 0.0581. The van der Waals surface area contributed by atoms with Crippen molar-refractivity contribution < 1.29 is 28.2 Å². The molecule has 0 spiro atoms. The first-order valence-electron chi connectivity index (χ1n) is 6.43. The number of carbonyl (C=O) groups is 2. The lowest BCUT2D eigenvalue weighted by molar-refractivity contribution is -0.140. The van der Waals surface area contributed by atoms with Gasteiger partial charge >= 0.3 is 12.6 Å². The molecule has 0 aliphatic carbocycles. The molecule has 0 saturated heterocycles. The van der Waals surface area contributed by atoms with Crippen LogP contribution in [0.2, 0.25) is 0 Å². The van der Waals surface area contributed by atoms with Crippen molar-refractivity contribution in [3.05, 3.63) is 29.8 Å². The largest absolute Gasteiger partial charge is 0.480 e. The molecular formula is C14H17F2NO4. The average molecular weight is 301 g/mol. The predicted molar refractivity (Wildman–Crippen MR) is 71.4 cm³/mol. The number of amides is 1. The topological polar surface area (TPSA) is 75.6 Å². The molecule has 7 heteroatoms. The van der Waals surface area contributed by atoms with Gasteiger partial charge in [0.15, 0.2) is 0 Å². The SMILES string of the molecule is CCC(C)[C@H](NC(=O)c1cccc(OC(F)F)c1)C(=O)O. The molecule has 0 aliphatic heterocycles. The van der Waals surface area contributed by atoms with Crippen molar-refractivity contribution in [1.82, 2.24) is 5.32 Å². The van der Waals surface area contributed by atoms with Crippen LogP contribution in [0.3, 0.4) is 0 Å². The van der Waals surface area contributed by atoms with Crippen LogP contribution in [0.15, 0.2) is 24.3 Å². The molecule has 1 aromatic carbocycles. The van der Waals surface area contributed by atoms with Crippen LogP contribution >= 0.6 is 0 Å². The first-order valence-corrected chi connectivity index (χ1v) is 6.43. The number of carbonyl (C=O) groups excluding carboxylic acids is 1. The summed E-state index contributed by atoms with van der Waals surface area (Å²) in [4.78, 5) is 23.1. The van der Waals surface area contributed by atoms with E-state index in [1.807, 2.05) is 6.92 Å². The highest BCUT2D eigenvalue weighted by atomic mass is 19.3. The van der Waals surface area contributed by atoms with Crippen LogP contribution in [0.25, 0.3) is 0 Å². The molecule has 116 valence electrons. The summed E-state index contributed by atoms with van der Waals surface area (Å²) >= 11 is 0. The van der Waals surface area contributed by atoms with Crippen molar-refractivity contribution >= 4 is 11.9 Å². The van der Waals surface area contributed by atoms with Crippen LogP contribution in [0.1, 0.15) is 30.6 Å². The lowest BCUT2D eigenvalue weighted by Crippen LogP contribution is -2.45. The van der Waals surface area contributed by atoms with Crippen molar-refractivity contribution in [3.63, 3.8) is 0 Å². The lowest BCUT2D eigenvalue weighted by atomic mass is 9.99. The molecule has 0 saturated carbocycles. The third-order valence-electron chi connectivity index (χ3n) is 3.09. The minimum Gasteiger partial charge on any atom is -0.480 e. The van der Waals surface area contributed by atoms with Gasteiger partial charge in [0.1, 0.15) is 11.8 Å². The third kappa shape index (κ3) is 5.02. The van der Waals surface area contributed by atoms with E-state index in [0.717, 1.165) is 6.07 Å². The van der Waals surface area contributed by atoms with Crippen molar-refractivity contribution in [2.75, 3.05) is 0 Å². The fraction of sp³-hybridized carbons (Fsp3) is 0.429. The Morgan fingerprint density at radius 3 is 2.57 bits per heavy atom. The van der Waals surface area contributed by atoms with Crippen molar-refractivity contribution in [1.29, 1.82) is 0 Å². The second-order valence-corrected chi connectivity index (χ2v) is 4.58. The molecule has 0 aromatic heterocycles. The maximum Gasteiger partial charge on any atom is 0.387 e. The Bertz CT molecular complexity index is 508. The maximum atomic E-state index is 12.1. The highest BCUT2D eigenvalue weighted by molar-refractivity contribution is 5.96. The number of carboxylic acid groups (broad SMARTS) is 1. The van der Waals surface area contributed by atoms with E-state index >= 15 is 0 Å². The number of carboxylic acids is 1. The number of halogens is 2. The van der Waals surface area contributed by atoms with Gasteiger partial charge in [-0.3, -0.25) is 4.79 Å². The maximum absolute atomic E-state index is 12.1. The van der Waals surface area contributed by atoms with E-state index in [2.05, 4.69) is 10.1 Å². The summed E-state index contributed by atoms with van der Waals surface area (Å²) < 4.78 is 28.4. The number of hydrogen-bond acceptors (Lipinski definition) is 3. The molecule has 5 nitrogen and oxygen atoms in total. The minimum absolute atomic E-state index is 0.0581. The Morgan fingerprint density at radius 1 is 1.38 bits per heavy atom. The summed E-state index contributed by atoms with van der Waals surface area (Å²) in [5.74, 6) is -2.21. The first-order chi connectivity index (χ1) is 9.85. The summed E-state index contributed by atoms with van der Waals surface area (Å²) in [6, 6.07) is 4.15. The molecule has 1 rings (SSSR count). The van der Waals surface area contributed by atoms with Gasteiger partial charge in [-0.25, -0.2) is 4.79 Å². The number of benzene rings is 1. The van der Waals surface area contributed by atoms with E-state index in [9.17, 15) is 18.4 Å². The second kappa shape index (κ2) is 7.56. The highest BCUT2D eigenvalue weighted by Crippen LogP contribution is 2.16. The number of hydrogen-bond donors (Lipinski definition) is 2. The van der Waals surface area contributed by atoms with Gasteiger partial charge < -0.3 is 15.2 Å². The van der Waals surface area contributed by atoms with Crippen LogP contribution in [0.5, 0.6) is 5.75 Å². The van der Waals surface area contributed by atoms with Gasteiger partial charge in [-0.2, -0.15) is 8.78 Å². The monoisotopic (exact) mass is 301 g/mol. The Kier molecular flexibility index (Phi) is 6.08. The van der Waals surface area contributed by atoms with E-state index in [1.54, 1.807) is 6.92 Å². The molecule has 21 heavy (non-hydrogen) atoms. The summed E-state index contributed by atoms with van der Waals surface area (Å²) in [6.07, 6.45) is 0.575. The van der Waals surface area contributed by atoms with Crippen LogP contribution in [0, 0.1) is 5.92 Å². The normalized spacial score (nSPS) is 13.6. The Balaban J connectivity index is 2.85. The summed E-state index contributed by atoms with van der Waals surface area (Å²) in [7, 11) is 0. The van der Waals surface area contributed by atoms with Gasteiger partial charge in [0.2, 0.25) is 0 Å². The summed E-state index contributed by atoms with van der Waals surface area (Å²) in [5, 5.41) is 11.5. The lowest BCUT2D eigenvalue weighted by Gasteiger charge is -2.20. The van der Waals surface area contributed by atoms with E-state index in [1.165, 1.54) is 18.2 Å². The van der Waals surface area contributed by atoms with E-state index in [-0.39, 0.29) is 17.2 Å². The quantitative estimate of drug-likeness (QED) is 0.811. The average Bonchev–Trinajstić information content (AvgIpc) is 2.42. The highest BCUT2D eigenvalue weighted by Gasteiger charge is 2.25. The zero-order valence-electron chi connectivity index (χ0n) is 11.7. The molecule has 0 aliphatic rings. The fourth-order valence-electron chi connectivity index (χ4n) is 1.72. The van der Waals surface area contributed by atoms with E-state index in [0.29, 0.717) is 6.42 Å². The number of ether oxygens (including phenoxy) is 1. The molecule has 1 unspecified atom stereocenters. The standard InChI is InChI=1S/C14H17F2NO4/c1-3-8(2)11(13(19)20)17-12(18)9-5-4-6-10(7-9)21-14(15)16/h4-8,11,14H,3H2,1-2H3,(H,17,18)(H,19,20)/t8?,11-/m0/s1. The molecule has 1 aromatic rings. The van der Waals surface area contributed by atoms with Crippen LogP contribution in [-0.4, -0.2) is 29.6 Å². The van der Waals surface area contributed by atoms with Gasteiger partial charge in [-0.15, -0.1) is 0 Å². The van der Waals surface area contributed by atoms with Crippen LogP contribution < -0.4 is 10.1 Å². The van der Waals surface area contributed by atoms with Crippen molar-refractivity contribution in [2.24, 2.45) is 5.92 Å².